The number of aromatic nitrogens is 4. The standard InChI is InChI=1S/2C21H26N8O6S2.H2O4S/c2*1-35-26-11(14-25-20(23)37-27-14)15(30)24-12-16(31)28-13(18(32)33)10(9-36-17(12)28)8-29-5-2-21(3-6-29,4-7-29)19(22)34;1-5(2,3)4/h2*12,17H,2-9H2,1H3,(H5-,22,23,24,25,27,30,32,33,34);(H2,1,2,3,4)/t2*12?,17-,21?,29?;/m00./s1. The molecule has 4 bridgehead atoms. The number of nitrogens with two attached hydrogens (primary N) is 4. The monoisotopic (exact) mass is 1200 g/mol. The molecule has 0 radical (unpaired) electrons. The SMILES string of the molecule is CON=C(C(=O)NC1C(=O)N2C(C(=O)O)=C(C[N+]34CCC(C(N)=O)(CC3)CC4)CS[C@@H]12)c1nsc(N)n1.CON=C(C(=O)NC1C(=O)N2C(C(=O)O)=C(C[N+]34CCC(C(N)=O)(CC3)CC4)CS[C@@H]12)c1nsc(N)n1.O=S(=O)([O-])[O-]. The van der Waals surface area contributed by atoms with Gasteiger partial charge in [-0.15, -0.1) is 23.5 Å². The fourth-order valence-corrected chi connectivity index (χ4v) is 14.9. The lowest BCUT2D eigenvalue weighted by atomic mass is 9.70. The molecular weight excluding hydrogens is 1140 g/mol. The van der Waals surface area contributed by atoms with Crippen LogP contribution in [0.15, 0.2) is 32.9 Å². The van der Waals surface area contributed by atoms with Crippen LogP contribution in [0.4, 0.5) is 10.3 Å². The van der Waals surface area contributed by atoms with E-state index in [1.165, 1.54) is 47.5 Å². The van der Waals surface area contributed by atoms with Crippen LogP contribution in [0.3, 0.4) is 0 Å². The molecule has 10 aliphatic heterocycles. The van der Waals surface area contributed by atoms with Crippen molar-refractivity contribution >= 4 is 126 Å². The minimum atomic E-state index is -5.17. The maximum absolute atomic E-state index is 13.1. The predicted molar refractivity (Wildman–Crippen MR) is 276 cm³/mol. The van der Waals surface area contributed by atoms with Gasteiger partial charge in [-0.25, -0.2) is 9.59 Å². The average Bonchev–Trinajstić information content (AvgIpc) is 4.21. The minimum Gasteiger partial charge on any atom is -0.759 e. The number of quaternary nitrogens is 2. The first-order valence-corrected chi connectivity index (χ1v) is 29.0. The zero-order valence-electron chi connectivity index (χ0n) is 42.1. The molecule has 12 heterocycles. The lowest BCUT2D eigenvalue weighted by molar-refractivity contribution is -0.940. The Bertz CT molecular complexity index is 2880. The summed E-state index contributed by atoms with van der Waals surface area (Å²) >= 11 is 4.56. The number of nitrogens with one attached hydrogen (secondary N) is 2. The van der Waals surface area contributed by atoms with Crippen LogP contribution in [0.2, 0.25) is 0 Å². The van der Waals surface area contributed by atoms with E-state index in [0.29, 0.717) is 83.2 Å². The van der Waals surface area contributed by atoms with Gasteiger partial charge in [0.05, 0.1) is 50.1 Å². The highest BCUT2D eigenvalue weighted by Crippen LogP contribution is 2.48. The molecule has 79 heavy (non-hydrogen) atoms. The quantitative estimate of drug-likeness (QED) is 0.0199. The van der Waals surface area contributed by atoms with Crippen molar-refractivity contribution in [2.75, 3.05) is 89.6 Å². The van der Waals surface area contributed by atoms with Crippen molar-refractivity contribution in [1.82, 2.24) is 39.1 Å². The van der Waals surface area contributed by atoms with Crippen molar-refractivity contribution in [2.45, 2.75) is 61.4 Å². The number of thioether (sulfide) groups is 2. The van der Waals surface area contributed by atoms with Crippen molar-refractivity contribution in [3.8, 4) is 0 Å². The van der Waals surface area contributed by atoms with Gasteiger partial charge in [0.25, 0.3) is 23.6 Å². The Kier molecular flexibility index (Phi) is 16.7. The summed E-state index contributed by atoms with van der Waals surface area (Å²) in [4.78, 5) is 120. The third kappa shape index (κ3) is 11.7. The summed E-state index contributed by atoms with van der Waals surface area (Å²) in [5, 5.41) is 31.8. The molecule has 2 aromatic rings. The van der Waals surface area contributed by atoms with Gasteiger partial charge in [0.2, 0.25) is 34.9 Å². The summed E-state index contributed by atoms with van der Waals surface area (Å²) in [5.41, 5.74) is 22.5. The smallest absolute Gasteiger partial charge is 0.352 e. The molecular formula is C42H54N16O16S5. The number of carboxylic acids is 2. The van der Waals surface area contributed by atoms with Crippen molar-refractivity contribution in [2.24, 2.45) is 32.6 Å². The summed E-state index contributed by atoms with van der Waals surface area (Å²) < 4.78 is 43.4. The van der Waals surface area contributed by atoms with Crippen LogP contribution in [-0.2, 0) is 58.4 Å². The summed E-state index contributed by atoms with van der Waals surface area (Å²) in [6, 6.07) is -1.89. The van der Waals surface area contributed by atoms with E-state index in [9.17, 15) is 48.6 Å². The Morgan fingerprint density at radius 2 is 0.987 bits per heavy atom. The van der Waals surface area contributed by atoms with Gasteiger partial charge in [-0.05, 0) is 0 Å². The van der Waals surface area contributed by atoms with Gasteiger partial charge in [-0.2, -0.15) is 18.7 Å². The molecule has 12 rings (SSSR count). The van der Waals surface area contributed by atoms with Crippen molar-refractivity contribution in [1.29, 1.82) is 0 Å². The van der Waals surface area contributed by atoms with Gasteiger partial charge in [-0.1, -0.05) is 10.3 Å². The third-order valence-corrected chi connectivity index (χ3v) is 19.4. The normalized spacial score (nSPS) is 29.8. The molecule has 8 fully saturated rings. The van der Waals surface area contributed by atoms with E-state index in [4.69, 9.17) is 50.1 Å². The van der Waals surface area contributed by atoms with E-state index < -0.39 is 79.6 Å². The Balaban J connectivity index is 0.000000192. The first-order chi connectivity index (χ1) is 37.2. The maximum atomic E-state index is 13.1. The van der Waals surface area contributed by atoms with Gasteiger partial charge < -0.3 is 71.5 Å². The van der Waals surface area contributed by atoms with E-state index in [2.05, 4.69) is 39.7 Å². The number of primary amides is 2. The summed E-state index contributed by atoms with van der Waals surface area (Å²) in [6.07, 6.45) is 4.14. The number of fused-ring (bicyclic) bond motifs is 8. The molecule has 0 saturated carbocycles. The van der Waals surface area contributed by atoms with E-state index in [1.54, 1.807) is 0 Å². The fourth-order valence-electron chi connectivity index (χ4n) is 11.4. The first kappa shape index (κ1) is 58.5. The topological polar surface area (TPSA) is 487 Å². The zero-order chi connectivity index (χ0) is 57.6. The number of carbonyl (C=O) groups is 8. The van der Waals surface area contributed by atoms with Gasteiger partial charge in [0.15, 0.2) is 10.3 Å². The third-order valence-electron chi connectivity index (χ3n) is 15.7. The summed E-state index contributed by atoms with van der Waals surface area (Å²) in [7, 11) is -2.65. The van der Waals surface area contributed by atoms with E-state index in [0.717, 1.165) is 62.3 Å². The lowest BCUT2D eigenvalue weighted by Crippen LogP contribution is -2.71. The maximum Gasteiger partial charge on any atom is 0.352 e. The Labute approximate surface area is 465 Å². The van der Waals surface area contributed by atoms with Crippen molar-refractivity contribution in [3.05, 3.63) is 34.2 Å². The molecule has 428 valence electrons. The number of carboxylic acid groups (broad SMARTS) is 2. The number of β-lactam (4-membered cyclic amide) rings is 2. The number of hydrogen-bond acceptors (Lipinski definition) is 26. The van der Waals surface area contributed by atoms with Crippen LogP contribution in [0.5, 0.6) is 0 Å². The van der Waals surface area contributed by atoms with Crippen LogP contribution >= 0.6 is 46.6 Å². The second-order valence-electron chi connectivity index (χ2n) is 19.9. The van der Waals surface area contributed by atoms with Crippen molar-refractivity contribution < 1.29 is 84.7 Å². The Morgan fingerprint density at radius 3 is 1.24 bits per heavy atom. The molecule has 4 atom stereocenters. The molecule has 0 spiro atoms. The molecule has 37 heteroatoms. The summed E-state index contributed by atoms with van der Waals surface area (Å²) in [6.45, 7) is 5.48. The highest BCUT2D eigenvalue weighted by Gasteiger charge is 2.59. The molecule has 8 saturated heterocycles. The number of nitrogen functional groups attached to an aromatic ring is 2. The van der Waals surface area contributed by atoms with Gasteiger partial charge >= 0.3 is 11.9 Å². The Hall–Kier alpha value is -6.61. The van der Waals surface area contributed by atoms with E-state index >= 15 is 0 Å². The van der Waals surface area contributed by atoms with Gasteiger partial charge in [0.1, 0.15) is 61.5 Å². The number of aliphatic carboxylic acids is 2. The fraction of sp³-hybridized carbons (Fsp3) is 0.571. The number of hydrogen-bond donors (Lipinski definition) is 8. The second-order valence-corrected chi connectivity index (χ2v) is 24.5. The molecule has 32 nitrogen and oxygen atoms in total. The predicted octanol–water partition coefficient (Wildman–Crippen LogP) is -3.95. The van der Waals surface area contributed by atoms with E-state index in [-0.39, 0.29) is 56.5 Å². The molecule has 6 amide bonds. The number of anilines is 2. The molecule has 0 aliphatic carbocycles. The summed E-state index contributed by atoms with van der Waals surface area (Å²) in [5.74, 6) is -4.62. The average molecular weight is 1200 g/mol. The van der Waals surface area contributed by atoms with Crippen LogP contribution in [-0.4, -0.2) is 225 Å². The highest BCUT2D eigenvalue weighted by molar-refractivity contribution is 8.00. The number of piperidine rings is 6. The van der Waals surface area contributed by atoms with E-state index in [1.807, 2.05) is 0 Å². The molecule has 0 aromatic carbocycles. The molecule has 12 N–H and O–H groups in total. The number of nitrogens with zero attached hydrogens (tertiary/aromatic N) is 10. The first-order valence-electron chi connectivity index (χ1n) is 24.0. The van der Waals surface area contributed by atoms with Crippen LogP contribution < -0.4 is 33.6 Å². The molecule has 2 unspecified atom stereocenters. The largest absolute Gasteiger partial charge is 0.759 e. The number of carbonyl (C=O) groups excluding carboxylic acids is 6. The molecule has 2 aromatic heterocycles. The number of oxime groups is 2. The van der Waals surface area contributed by atoms with Crippen LogP contribution in [0.25, 0.3) is 0 Å². The minimum absolute atomic E-state index is 0.0243. The lowest BCUT2D eigenvalue weighted by Gasteiger charge is -2.55. The van der Waals surface area contributed by atoms with Crippen molar-refractivity contribution in [3.63, 3.8) is 0 Å². The second kappa shape index (κ2) is 22.5. The van der Waals surface area contributed by atoms with Crippen LogP contribution in [0, 0.1) is 10.8 Å². The number of rotatable bonds is 16. The Morgan fingerprint density at radius 1 is 0.671 bits per heavy atom. The zero-order valence-corrected chi connectivity index (χ0v) is 46.1. The van der Waals surface area contributed by atoms with Gasteiger partial charge in [0, 0.05) is 94.6 Å². The highest BCUT2D eigenvalue weighted by atomic mass is 32.3. The van der Waals surface area contributed by atoms with Gasteiger partial charge in [-0.3, -0.25) is 47.0 Å². The van der Waals surface area contributed by atoms with Crippen LogP contribution in [0.1, 0.15) is 50.2 Å². The molecule has 10 aliphatic rings. The number of amides is 6.